The maximum Gasteiger partial charge on any atom is 0.333 e. The number of carbonyl (C=O) groups is 1. The summed E-state index contributed by atoms with van der Waals surface area (Å²) in [5.74, 6) is 0. The second kappa shape index (κ2) is 9.68. The van der Waals surface area contributed by atoms with Crippen LogP contribution in [0, 0.1) is 6.92 Å². The van der Waals surface area contributed by atoms with Gasteiger partial charge in [0.1, 0.15) is 4.24 Å². The average Bonchev–Trinajstić information content (AvgIpc) is 3.63. The number of amides is 2. The highest BCUT2D eigenvalue weighted by Gasteiger charge is 2.24. The van der Waals surface area contributed by atoms with Crippen LogP contribution >= 0.6 is 23.4 Å². The number of allylic oxidation sites excluding steroid dienone is 2. The van der Waals surface area contributed by atoms with E-state index in [1.807, 2.05) is 35.9 Å². The van der Waals surface area contributed by atoms with Crippen LogP contribution in [0.3, 0.4) is 0 Å². The Hall–Kier alpha value is -3.21. The van der Waals surface area contributed by atoms with Gasteiger partial charge in [0.15, 0.2) is 0 Å². The third-order valence-corrected chi connectivity index (χ3v) is 8.99. The Kier molecular flexibility index (Phi) is 6.59. The molecule has 0 unspecified atom stereocenters. The molecule has 186 valence electrons. The van der Waals surface area contributed by atoms with Gasteiger partial charge in [0.2, 0.25) is 0 Å². The smallest absolute Gasteiger partial charge is 0.333 e. The molecule has 2 aromatic carbocycles. The molecular formula is C25H23ClN4O4S2. The van der Waals surface area contributed by atoms with Gasteiger partial charge in [0.25, 0.3) is 15.6 Å². The summed E-state index contributed by atoms with van der Waals surface area (Å²) in [5.41, 5.74) is 2.63. The molecule has 2 aliphatic rings. The highest BCUT2D eigenvalue weighted by Crippen LogP contribution is 2.35. The van der Waals surface area contributed by atoms with Gasteiger partial charge in [-0.2, -0.15) is 0 Å². The van der Waals surface area contributed by atoms with Gasteiger partial charge in [-0.15, -0.1) is 0 Å². The Morgan fingerprint density at radius 3 is 2.58 bits per heavy atom. The van der Waals surface area contributed by atoms with Gasteiger partial charge >= 0.3 is 6.03 Å². The average molecular weight is 543 g/mol. The third-order valence-electron chi connectivity index (χ3n) is 5.82. The summed E-state index contributed by atoms with van der Waals surface area (Å²) >= 11 is 6.77. The number of halogens is 1. The van der Waals surface area contributed by atoms with Crippen LogP contribution in [0.15, 0.2) is 74.2 Å². The number of aryl methyl sites for hydroxylation is 1. The topological polar surface area (TPSA) is 109 Å². The summed E-state index contributed by atoms with van der Waals surface area (Å²) in [6, 6.07) is 12.3. The van der Waals surface area contributed by atoms with Crippen LogP contribution in [-0.2, 0) is 10.0 Å². The molecule has 0 radical (unpaired) electrons. The lowest BCUT2D eigenvalue weighted by Crippen LogP contribution is -2.34. The number of hydrogen-bond donors (Lipinski definition) is 3. The van der Waals surface area contributed by atoms with E-state index in [2.05, 4.69) is 10.6 Å². The fourth-order valence-corrected chi connectivity index (χ4v) is 6.49. The summed E-state index contributed by atoms with van der Waals surface area (Å²) in [6.45, 7) is 1.81. The van der Waals surface area contributed by atoms with Gasteiger partial charge < -0.3 is 10.6 Å². The van der Waals surface area contributed by atoms with E-state index >= 15 is 0 Å². The summed E-state index contributed by atoms with van der Waals surface area (Å²) in [7, 11) is -4.04. The molecule has 0 bridgehead atoms. The maximum absolute atomic E-state index is 13.2. The zero-order valence-electron chi connectivity index (χ0n) is 19.2. The normalized spacial score (nSPS) is 15.7. The maximum atomic E-state index is 13.2. The predicted octanol–water partition coefficient (Wildman–Crippen LogP) is 5.38. The van der Waals surface area contributed by atoms with Gasteiger partial charge in [-0.1, -0.05) is 35.5 Å². The van der Waals surface area contributed by atoms with Crippen molar-refractivity contribution in [2.75, 3.05) is 10.6 Å². The number of benzene rings is 2. The van der Waals surface area contributed by atoms with Crippen molar-refractivity contribution in [1.82, 2.24) is 9.29 Å². The standard InChI is InChI=1S/C25H23ClN4O4S2/c1-15-13-18(28-25(32)29-36(33,34)23-4-2-3-22(26)35-23)8-10-21(15)30-12-11-16-14-19(27-17-5-6-17)7-9-20(16)24(30)31/h3-4,7-14,17,27H,2,5-6H2,1H3,(H2,28,29,32). The summed E-state index contributed by atoms with van der Waals surface area (Å²) < 4.78 is 28.8. The van der Waals surface area contributed by atoms with Gasteiger partial charge in [-0.05, 0) is 79.6 Å². The Labute approximate surface area is 217 Å². The first-order valence-corrected chi connectivity index (χ1v) is 14.0. The van der Waals surface area contributed by atoms with E-state index in [1.54, 1.807) is 35.0 Å². The van der Waals surface area contributed by atoms with Crippen LogP contribution in [-0.4, -0.2) is 25.1 Å². The Bertz CT molecular complexity index is 1610. The van der Waals surface area contributed by atoms with Gasteiger partial charge in [-0.25, -0.2) is 17.9 Å². The molecule has 11 heteroatoms. The van der Waals surface area contributed by atoms with E-state index in [4.69, 9.17) is 11.6 Å². The summed E-state index contributed by atoms with van der Waals surface area (Å²) in [6.07, 6.45) is 7.61. The fraction of sp³-hybridized carbons (Fsp3) is 0.200. The minimum atomic E-state index is -4.04. The van der Waals surface area contributed by atoms with E-state index < -0.39 is 16.1 Å². The molecule has 36 heavy (non-hydrogen) atoms. The number of urea groups is 1. The van der Waals surface area contributed by atoms with Crippen molar-refractivity contribution in [1.29, 1.82) is 0 Å². The number of nitrogens with zero attached hydrogens (tertiary/aromatic N) is 1. The number of sulfonamides is 1. The SMILES string of the molecule is Cc1cc(NC(=O)NS(=O)(=O)C2=CCC=C(Cl)S2)ccc1-n1ccc2cc(NC3CC3)ccc2c1=O. The number of nitrogens with one attached hydrogen (secondary N) is 3. The molecular weight excluding hydrogens is 520 g/mol. The number of hydrogen-bond acceptors (Lipinski definition) is 6. The number of aromatic nitrogens is 1. The van der Waals surface area contributed by atoms with Crippen molar-refractivity contribution in [3.05, 3.63) is 85.3 Å². The highest BCUT2D eigenvalue weighted by atomic mass is 35.5. The first-order chi connectivity index (χ1) is 17.2. The molecule has 3 N–H and O–H groups in total. The molecule has 1 aliphatic carbocycles. The molecule has 3 aromatic rings. The van der Waals surface area contributed by atoms with E-state index in [0.29, 0.717) is 33.6 Å². The minimum absolute atomic E-state index is 0.0252. The van der Waals surface area contributed by atoms with Gasteiger partial charge in [0.05, 0.1) is 10.1 Å². The first kappa shape index (κ1) is 24.5. The predicted molar refractivity (Wildman–Crippen MR) is 146 cm³/mol. The lowest BCUT2D eigenvalue weighted by Gasteiger charge is -2.15. The number of carbonyl (C=O) groups excluding carboxylic acids is 1. The van der Waals surface area contributed by atoms with Crippen LogP contribution < -0.4 is 20.9 Å². The van der Waals surface area contributed by atoms with Crippen LogP contribution in [0.5, 0.6) is 0 Å². The number of pyridine rings is 1. The van der Waals surface area contributed by atoms with Crippen LogP contribution in [0.2, 0.25) is 0 Å². The Morgan fingerprint density at radius 1 is 1.08 bits per heavy atom. The van der Waals surface area contributed by atoms with E-state index in [-0.39, 0.29) is 9.80 Å². The quantitative estimate of drug-likeness (QED) is 0.385. The Morgan fingerprint density at radius 2 is 1.86 bits per heavy atom. The highest BCUT2D eigenvalue weighted by molar-refractivity contribution is 8.21. The van der Waals surface area contributed by atoms with E-state index in [1.165, 1.54) is 18.9 Å². The van der Waals surface area contributed by atoms with Crippen LogP contribution in [0.1, 0.15) is 24.8 Å². The van der Waals surface area contributed by atoms with E-state index in [0.717, 1.165) is 28.4 Å². The van der Waals surface area contributed by atoms with Crippen molar-refractivity contribution in [2.24, 2.45) is 0 Å². The van der Waals surface area contributed by atoms with Crippen LogP contribution in [0.4, 0.5) is 16.2 Å². The largest absolute Gasteiger partial charge is 0.382 e. The number of rotatable bonds is 6. The number of anilines is 2. The monoisotopic (exact) mass is 542 g/mol. The molecule has 5 rings (SSSR count). The number of thioether (sulfide) groups is 1. The van der Waals surface area contributed by atoms with Gasteiger partial charge in [-0.3, -0.25) is 9.36 Å². The molecule has 2 amide bonds. The molecule has 0 spiro atoms. The van der Waals surface area contributed by atoms with Crippen molar-refractivity contribution in [3.63, 3.8) is 0 Å². The van der Waals surface area contributed by atoms with E-state index in [9.17, 15) is 18.0 Å². The second-order valence-electron chi connectivity index (χ2n) is 8.64. The van der Waals surface area contributed by atoms with Crippen molar-refractivity contribution < 1.29 is 13.2 Å². The fourth-order valence-electron chi connectivity index (χ4n) is 3.91. The molecule has 1 aliphatic heterocycles. The van der Waals surface area contributed by atoms with Crippen molar-refractivity contribution >= 4 is 61.6 Å². The summed E-state index contributed by atoms with van der Waals surface area (Å²) in [4.78, 5) is 25.6. The molecule has 2 heterocycles. The molecule has 1 saturated carbocycles. The van der Waals surface area contributed by atoms with Crippen LogP contribution in [0.25, 0.3) is 16.5 Å². The summed E-state index contributed by atoms with van der Waals surface area (Å²) in [5, 5.41) is 7.44. The molecule has 1 aromatic heterocycles. The molecule has 1 fully saturated rings. The second-order valence-corrected chi connectivity index (χ2v) is 12.3. The zero-order valence-corrected chi connectivity index (χ0v) is 21.6. The third kappa shape index (κ3) is 5.30. The lowest BCUT2D eigenvalue weighted by molar-refractivity contribution is 0.256. The molecule has 0 saturated heterocycles. The number of fused-ring (bicyclic) bond motifs is 1. The van der Waals surface area contributed by atoms with Crippen molar-refractivity contribution in [3.8, 4) is 5.69 Å². The van der Waals surface area contributed by atoms with Crippen molar-refractivity contribution in [2.45, 2.75) is 32.2 Å². The van der Waals surface area contributed by atoms with Gasteiger partial charge in [0, 0.05) is 29.0 Å². The zero-order chi connectivity index (χ0) is 25.4. The first-order valence-electron chi connectivity index (χ1n) is 11.3. The minimum Gasteiger partial charge on any atom is -0.382 e. The molecule has 0 atom stereocenters. The Balaban J connectivity index is 1.32. The lowest BCUT2D eigenvalue weighted by atomic mass is 10.1. The molecule has 8 nitrogen and oxygen atoms in total.